The topological polar surface area (TPSA) is 113 Å². The monoisotopic (exact) mass is 382 g/mol. The second kappa shape index (κ2) is 7.42. The van der Waals surface area contributed by atoms with Gasteiger partial charge in [-0.1, -0.05) is 35.5 Å². The number of rotatable bonds is 6. The SMILES string of the molecule is C[C@H](CO)Nc1nc(SCc2cccc(Cl)c2F)nc2nc(N)[nH]c12. The second-order valence-electron chi connectivity index (χ2n) is 5.41. The summed E-state index contributed by atoms with van der Waals surface area (Å²) < 4.78 is 14.0. The van der Waals surface area contributed by atoms with Crippen LogP contribution in [0.3, 0.4) is 0 Å². The summed E-state index contributed by atoms with van der Waals surface area (Å²) in [7, 11) is 0. The van der Waals surface area contributed by atoms with Gasteiger partial charge in [0.15, 0.2) is 22.6 Å². The van der Waals surface area contributed by atoms with Crippen LogP contribution in [0.2, 0.25) is 5.02 Å². The van der Waals surface area contributed by atoms with Crippen molar-refractivity contribution in [1.29, 1.82) is 0 Å². The smallest absolute Gasteiger partial charge is 0.200 e. The first kappa shape index (κ1) is 17.7. The third-order valence-electron chi connectivity index (χ3n) is 3.39. The van der Waals surface area contributed by atoms with Gasteiger partial charge < -0.3 is 21.1 Å². The van der Waals surface area contributed by atoms with Gasteiger partial charge in [0.05, 0.1) is 11.6 Å². The van der Waals surface area contributed by atoms with E-state index >= 15 is 0 Å². The number of benzene rings is 1. The lowest BCUT2D eigenvalue weighted by Gasteiger charge is -2.12. The molecule has 0 amide bonds. The van der Waals surface area contributed by atoms with Crippen molar-refractivity contribution in [2.75, 3.05) is 17.7 Å². The van der Waals surface area contributed by atoms with Crippen molar-refractivity contribution < 1.29 is 9.50 Å². The molecule has 2 heterocycles. The maximum Gasteiger partial charge on any atom is 0.200 e. The Morgan fingerprint density at radius 3 is 2.96 bits per heavy atom. The Bertz CT molecular complexity index is 905. The first-order chi connectivity index (χ1) is 12.0. The molecule has 0 unspecified atom stereocenters. The van der Waals surface area contributed by atoms with E-state index in [9.17, 15) is 9.50 Å². The molecular formula is C15H16ClFN6OS. The summed E-state index contributed by atoms with van der Waals surface area (Å²) in [5.41, 5.74) is 7.10. The Morgan fingerprint density at radius 1 is 1.40 bits per heavy atom. The number of nitrogen functional groups attached to an aromatic ring is 1. The van der Waals surface area contributed by atoms with Crippen LogP contribution < -0.4 is 11.1 Å². The summed E-state index contributed by atoms with van der Waals surface area (Å²) in [5, 5.41) is 12.8. The van der Waals surface area contributed by atoms with E-state index in [1.54, 1.807) is 12.1 Å². The van der Waals surface area contributed by atoms with Crippen molar-refractivity contribution in [1.82, 2.24) is 19.9 Å². The van der Waals surface area contributed by atoms with Gasteiger partial charge in [0.1, 0.15) is 11.3 Å². The van der Waals surface area contributed by atoms with Crippen LogP contribution in [0.15, 0.2) is 23.4 Å². The van der Waals surface area contributed by atoms with Gasteiger partial charge in [-0.25, -0.2) is 14.4 Å². The number of H-pyrrole nitrogens is 1. The van der Waals surface area contributed by atoms with E-state index in [0.717, 1.165) is 0 Å². The summed E-state index contributed by atoms with van der Waals surface area (Å²) in [4.78, 5) is 15.7. The van der Waals surface area contributed by atoms with Crippen LogP contribution in [0, 0.1) is 5.82 Å². The Labute approximate surface area is 152 Å². The van der Waals surface area contributed by atoms with Crippen molar-refractivity contribution >= 4 is 46.3 Å². The molecule has 0 aliphatic heterocycles. The van der Waals surface area contributed by atoms with Crippen LogP contribution in [0.1, 0.15) is 12.5 Å². The first-order valence-electron chi connectivity index (χ1n) is 7.44. The van der Waals surface area contributed by atoms with Crippen LogP contribution >= 0.6 is 23.4 Å². The highest BCUT2D eigenvalue weighted by molar-refractivity contribution is 7.98. The van der Waals surface area contributed by atoms with Crippen LogP contribution in [0.5, 0.6) is 0 Å². The molecule has 3 aromatic rings. The van der Waals surface area contributed by atoms with Gasteiger partial charge in [-0.05, 0) is 18.6 Å². The van der Waals surface area contributed by atoms with Crippen molar-refractivity contribution in [3.05, 3.63) is 34.6 Å². The normalized spacial score (nSPS) is 12.5. The zero-order valence-corrected chi connectivity index (χ0v) is 14.8. The fourth-order valence-corrected chi connectivity index (χ4v) is 3.15. The average molecular weight is 383 g/mol. The molecule has 0 saturated carbocycles. The number of thioether (sulfide) groups is 1. The summed E-state index contributed by atoms with van der Waals surface area (Å²) in [6, 6.07) is 4.63. The molecule has 5 N–H and O–H groups in total. The molecule has 0 radical (unpaired) electrons. The Kier molecular flexibility index (Phi) is 5.26. The minimum atomic E-state index is -0.450. The predicted molar refractivity (Wildman–Crippen MR) is 97.2 cm³/mol. The largest absolute Gasteiger partial charge is 0.394 e. The number of fused-ring (bicyclic) bond motifs is 1. The molecule has 0 spiro atoms. The second-order valence-corrected chi connectivity index (χ2v) is 6.75. The highest BCUT2D eigenvalue weighted by atomic mass is 35.5. The molecule has 25 heavy (non-hydrogen) atoms. The lowest BCUT2D eigenvalue weighted by Crippen LogP contribution is -2.20. The quantitative estimate of drug-likeness (QED) is 0.383. The third kappa shape index (κ3) is 3.94. The molecule has 1 aromatic carbocycles. The van der Waals surface area contributed by atoms with Gasteiger partial charge in [-0.2, -0.15) is 4.98 Å². The van der Waals surface area contributed by atoms with E-state index in [-0.39, 0.29) is 23.6 Å². The van der Waals surface area contributed by atoms with Crippen molar-refractivity contribution in [2.24, 2.45) is 0 Å². The summed E-state index contributed by atoms with van der Waals surface area (Å²) in [6.45, 7) is 1.74. The number of aliphatic hydroxyl groups excluding tert-OH is 1. The van der Waals surface area contributed by atoms with Crippen molar-refractivity contribution in [3.8, 4) is 0 Å². The van der Waals surface area contributed by atoms with E-state index in [1.165, 1.54) is 17.8 Å². The van der Waals surface area contributed by atoms with Gasteiger partial charge in [0.25, 0.3) is 0 Å². The lowest BCUT2D eigenvalue weighted by atomic mass is 10.2. The molecule has 132 valence electrons. The summed E-state index contributed by atoms with van der Waals surface area (Å²) in [5.74, 6) is 0.554. The zero-order valence-electron chi connectivity index (χ0n) is 13.3. The molecule has 7 nitrogen and oxygen atoms in total. The maximum atomic E-state index is 14.0. The number of hydrogen-bond donors (Lipinski definition) is 4. The van der Waals surface area contributed by atoms with E-state index in [4.69, 9.17) is 17.3 Å². The summed E-state index contributed by atoms with van der Waals surface area (Å²) in [6.07, 6.45) is 0. The Morgan fingerprint density at radius 2 is 2.20 bits per heavy atom. The fourth-order valence-electron chi connectivity index (χ4n) is 2.15. The van der Waals surface area contributed by atoms with E-state index in [2.05, 4.69) is 25.3 Å². The predicted octanol–water partition coefficient (Wildman–Crippen LogP) is 2.81. The number of nitrogens with zero attached hydrogens (tertiary/aromatic N) is 3. The van der Waals surface area contributed by atoms with Crippen molar-refractivity contribution in [3.63, 3.8) is 0 Å². The number of aliphatic hydroxyl groups is 1. The zero-order chi connectivity index (χ0) is 18.0. The van der Waals surface area contributed by atoms with Crippen LogP contribution in [0.4, 0.5) is 16.2 Å². The third-order valence-corrected chi connectivity index (χ3v) is 4.58. The average Bonchev–Trinajstić information content (AvgIpc) is 2.96. The standard InChI is InChI=1S/C15H16ClFN6OS/c1-7(5-24)19-12-11-13(21-14(18)20-11)23-15(22-12)25-6-8-3-2-4-9(16)10(8)17/h2-4,7,24H,5-6H2,1H3,(H4,18,19,20,21,22,23)/t7-/m1/s1. The molecule has 1 atom stereocenters. The highest BCUT2D eigenvalue weighted by Gasteiger charge is 2.15. The number of hydrogen-bond acceptors (Lipinski definition) is 7. The van der Waals surface area contributed by atoms with Gasteiger partial charge in [0, 0.05) is 11.8 Å². The molecule has 0 aliphatic carbocycles. The van der Waals surface area contributed by atoms with Gasteiger partial charge in [-0.3, -0.25) is 0 Å². The van der Waals surface area contributed by atoms with Gasteiger partial charge in [0.2, 0.25) is 0 Å². The number of aromatic nitrogens is 4. The number of imidazole rings is 1. The molecule has 0 fully saturated rings. The van der Waals surface area contributed by atoms with Crippen LogP contribution in [0.25, 0.3) is 11.2 Å². The fraction of sp³-hybridized carbons (Fsp3) is 0.267. The molecule has 0 saturated heterocycles. The van der Waals surface area contributed by atoms with Gasteiger partial charge in [-0.15, -0.1) is 0 Å². The molecular weight excluding hydrogens is 367 g/mol. The molecule has 10 heteroatoms. The Balaban J connectivity index is 1.89. The van der Waals surface area contributed by atoms with Crippen LogP contribution in [-0.2, 0) is 5.75 Å². The van der Waals surface area contributed by atoms with E-state index < -0.39 is 5.82 Å². The Hall–Kier alpha value is -2.10. The number of nitrogens with one attached hydrogen (secondary N) is 2. The number of halogens is 2. The highest BCUT2D eigenvalue weighted by Crippen LogP contribution is 2.28. The lowest BCUT2D eigenvalue weighted by molar-refractivity contribution is 0.281. The number of anilines is 2. The molecule has 2 aromatic heterocycles. The molecule has 3 rings (SSSR count). The number of nitrogens with two attached hydrogens (primary N) is 1. The van der Waals surface area contributed by atoms with Crippen LogP contribution in [-0.4, -0.2) is 37.7 Å². The minimum Gasteiger partial charge on any atom is -0.394 e. The first-order valence-corrected chi connectivity index (χ1v) is 8.80. The summed E-state index contributed by atoms with van der Waals surface area (Å²) >= 11 is 7.05. The molecule has 0 bridgehead atoms. The number of aromatic amines is 1. The van der Waals surface area contributed by atoms with E-state index in [1.807, 2.05) is 6.92 Å². The molecule has 0 aliphatic rings. The van der Waals surface area contributed by atoms with Gasteiger partial charge >= 0.3 is 0 Å². The van der Waals surface area contributed by atoms with Crippen molar-refractivity contribution in [2.45, 2.75) is 23.9 Å². The van der Waals surface area contributed by atoms with E-state index in [0.29, 0.717) is 33.5 Å². The maximum absolute atomic E-state index is 14.0. The minimum absolute atomic E-state index is 0.0642.